The van der Waals surface area contributed by atoms with Crippen LogP contribution in [0.1, 0.15) is 49.3 Å². The van der Waals surface area contributed by atoms with Crippen molar-refractivity contribution >= 4 is 0 Å². The molecule has 0 N–H and O–H groups in total. The van der Waals surface area contributed by atoms with Gasteiger partial charge in [0.1, 0.15) is 0 Å². The first kappa shape index (κ1) is 15.4. The summed E-state index contributed by atoms with van der Waals surface area (Å²) < 4.78 is 39.3. The van der Waals surface area contributed by atoms with Gasteiger partial charge >= 0.3 is 6.18 Å². The Morgan fingerprint density at radius 1 is 1.10 bits per heavy atom. The van der Waals surface area contributed by atoms with Crippen molar-refractivity contribution in [3.63, 3.8) is 0 Å². The number of piperidine rings is 1. The first-order chi connectivity index (χ1) is 9.50. The number of nitrogens with zero attached hydrogens (tertiary/aromatic N) is 1. The summed E-state index contributed by atoms with van der Waals surface area (Å²) in [5, 5.41) is 0. The fraction of sp³-hybridized carbons (Fsp3) is 0.625. The molecular weight excluding hydrogens is 263 g/mol. The fourth-order valence-electron chi connectivity index (χ4n) is 2.86. The smallest absolute Gasteiger partial charge is 0.299 e. The molecule has 2 rings (SSSR count). The molecule has 112 valence electrons. The van der Waals surface area contributed by atoms with Gasteiger partial charge in [0, 0.05) is 6.54 Å². The topological polar surface area (TPSA) is 3.24 Å². The first-order valence-corrected chi connectivity index (χ1v) is 7.42. The SMILES string of the molecule is CCCc1ccc(C(F)(F)F)c(CN2CCCCC2)c1. The minimum absolute atomic E-state index is 0.423. The van der Waals surface area contributed by atoms with Crippen molar-refractivity contribution in [2.24, 2.45) is 0 Å². The molecule has 1 aliphatic rings. The monoisotopic (exact) mass is 285 g/mol. The van der Waals surface area contributed by atoms with E-state index in [1.54, 1.807) is 12.1 Å². The average Bonchev–Trinajstić information content (AvgIpc) is 2.39. The van der Waals surface area contributed by atoms with Gasteiger partial charge in [-0.2, -0.15) is 13.2 Å². The average molecular weight is 285 g/mol. The van der Waals surface area contributed by atoms with Crippen molar-refractivity contribution in [1.82, 2.24) is 4.90 Å². The second-order valence-corrected chi connectivity index (χ2v) is 5.58. The van der Waals surface area contributed by atoms with Crippen molar-refractivity contribution in [1.29, 1.82) is 0 Å². The van der Waals surface area contributed by atoms with E-state index in [4.69, 9.17) is 0 Å². The highest BCUT2D eigenvalue weighted by molar-refractivity contribution is 5.34. The zero-order valence-corrected chi connectivity index (χ0v) is 12.0. The Balaban J connectivity index is 2.23. The molecule has 1 heterocycles. The standard InChI is InChI=1S/C16H22F3N/c1-2-6-13-7-8-15(16(17,18)19)14(11-13)12-20-9-4-3-5-10-20/h7-8,11H,2-6,9-10,12H2,1H3. The molecule has 20 heavy (non-hydrogen) atoms. The predicted octanol–water partition coefficient (Wildman–Crippen LogP) is 4.64. The first-order valence-electron chi connectivity index (χ1n) is 7.42. The minimum Gasteiger partial charge on any atom is -0.299 e. The summed E-state index contributed by atoms with van der Waals surface area (Å²) >= 11 is 0. The van der Waals surface area contributed by atoms with Crippen molar-refractivity contribution in [3.8, 4) is 0 Å². The summed E-state index contributed by atoms with van der Waals surface area (Å²) in [6.07, 6.45) is 0.917. The number of alkyl halides is 3. The Kier molecular flexibility index (Phi) is 5.08. The Labute approximate surface area is 118 Å². The number of halogens is 3. The van der Waals surface area contributed by atoms with E-state index >= 15 is 0 Å². The molecule has 1 nitrogen and oxygen atoms in total. The van der Waals surface area contributed by atoms with Gasteiger partial charge in [-0.3, -0.25) is 4.90 Å². The van der Waals surface area contributed by atoms with Gasteiger partial charge in [-0.05, 0) is 49.5 Å². The molecule has 1 aromatic rings. The Morgan fingerprint density at radius 2 is 1.80 bits per heavy atom. The van der Waals surface area contributed by atoms with Crippen molar-refractivity contribution < 1.29 is 13.2 Å². The molecule has 0 radical (unpaired) electrons. The number of rotatable bonds is 4. The van der Waals surface area contributed by atoms with Crippen LogP contribution in [-0.4, -0.2) is 18.0 Å². The van der Waals surface area contributed by atoms with Gasteiger partial charge in [0.15, 0.2) is 0 Å². The summed E-state index contributed by atoms with van der Waals surface area (Å²) in [6.45, 7) is 4.29. The molecule has 0 saturated carbocycles. The second-order valence-electron chi connectivity index (χ2n) is 5.58. The van der Waals surface area contributed by atoms with E-state index in [1.807, 2.05) is 6.92 Å². The summed E-state index contributed by atoms with van der Waals surface area (Å²) in [7, 11) is 0. The van der Waals surface area contributed by atoms with E-state index in [1.165, 1.54) is 12.5 Å². The third-order valence-corrected chi connectivity index (χ3v) is 3.86. The summed E-state index contributed by atoms with van der Waals surface area (Å²) in [5.41, 5.74) is 0.973. The molecule has 4 heteroatoms. The maximum atomic E-state index is 13.1. The third kappa shape index (κ3) is 3.98. The van der Waals surface area contributed by atoms with Gasteiger partial charge in [0.2, 0.25) is 0 Å². The fourth-order valence-corrected chi connectivity index (χ4v) is 2.86. The van der Waals surface area contributed by atoms with E-state index in [0.717, 1.165) is 44.3 Å². The van der Waals surface area contributed by atoms with Gasteiger partial charge in [0.05, 0.1) is 5.56 Å². The molecule has 0 aromatic heterocycles. The minimum atomic E-state index is -4.25. The number of aryl methyl sites for hydroxylation is 1. The summed E-state index contributed by atoms with van der Waals surface area (Å²) in [4.78, 5) is 2.14. The van der Waals surface area contributed by atoms with E-state index in [9.17, 15) is 13.2 Å². The normalized spacial score (nSPS) is 17.4. The largest absolute Gasteiger partial charge is 0.416 e. The van der Waals surface area contributed by atoms with Gasteiger partial charge in [-0.15, -0.1) is 0 Å². The lowest BCUT2D eigenvalue weighted by Crippen LogP contribution is -2.30. The van der Waals surface area contributed by atoms with Crippen LogP contribution in [0.3, 0.4) is 0 Å². The predicted molar refractivity (Wildman–Crippen MR) is 74.6 cm³/mol. The Bertz CT molecular complexity index is 434. The lowest BCUT2D eigenvalue weighted by atomic mass is 9.99. The van der Waals surface area contributed by atoms with Gasteiger partial charge in [-0.25, -0.2) is 0 Å². The Morgan fingerprint density at radius 3 is 2.40 bits per heavy atom. The molecule has 1 fully saturated rings. The molecule has 0 amide bonds. The van der Waals surface area contributed by atoms with Crippen LogP contribution >= 0.6 is 0 Å². The number of benzene rings is 1. The summed E-state index contributed by atoms with van der Waals surface area (Å²) in [6, 6.07) is 4.62. The van der Waals surface area contributed by atoms with Crippen molar-refractivity contribution in [2.75, 3.05) is 13.1 Å². The third-order valence-electron chi connectivity index (χ3n) is 3.86. The molecule has 0 aliphatic carbocycles. The number of hydrogen-bond acceptors (Lipinski definition) is 1. The van der Waals surface area contributed by atoms with E-state index < -0.39 is 11.7 Å². The van der Waals surface area contributed by atoms with Gasteiger partial charge < -0.3 is 0 Å². The molecular formula is C16H22F3N. The van der Waals surface area contributed by atoms with Crippen LogP contribution in [0.5, 0.6) is 0 Å². The van der Waals surface area contributed by atoms with Crippen LogP contribution in [0.4, 0.5) is 13.2 Å². The van der Waals surface area contributed by atoms with Crippen LogP contribution in [0, 0.1) is 0 Å². The molecule has 1 aromatic carbocycles. The molecule has 1 saturated heterocycles. The molecule has 0 spiro atoms. The number of hydrogen-bond donors (Lipinski definition) is 0. The second kappa shape index (κ2) is 6.61. The maximum Gasteiger partial charge on any atom is 0.416 e. The van der Waals surface area contributed by atoms with Crippen LogP contribution < -0.4 is 0 Å². The lowest BCUT2D eigenvalue weighted by molar-refractivity contribution is -0.138. The highest BCUT2D eigenvalue weighted by atomic mass is 19.4. The molecule has 0 atom stereocenters. The van der Waals surface area contributed by atoms with Crippen molar-refractivity contribution in [2.45, 2.75) is 51.7 Å². The van der Waals surface area contributed by atoms with Gasteiger partial charge in [0.25, 0.3) is 0 Å². The number of likely N-dealkylation sites (tertiary alicyclic amines) is 1. The van der Waals surface area contributed by atoms with E-state index in [0.29, 0.717) is 12.1 Å². The lowest BCUT2D eigenvalue weighted by Gasteiger charge is -2.27. The maximum absolute atomic E-state index is 13.1. The van der Waals surface area contributed by atoms with Crippen LogP contribution in [-0.2, 0) is 19.1 Å². The van der Waals surface area contributed by atoms with Crippen LogP contribution in [0.15, 0.2) is 18.2 Å². The highest BCUT2D eigenvalue weighted by Crippen LogP contribution is 2.33. The van der Waals surface area contributed by atoms with Crippen molar-refractivity contribution in [3.05, 3.63) is 34.9 Å². The zero-order chi connectivity index (χ0) is 14.6. The van der Waals surface area contributed by atoms with Crippen LogP contribution in [0.25, 0.3) is 0 Å². The van der Waals surface area contributed by atoms with Gasteiger partial charge in [-0.1, -0.05) is 31.9 Å². The summed E-state index contributed by atoms with van der Waals surface area (Å²) in [5.74, 6) is 0. The van der Waals surface area contributed by atoms with E-state index in [-0.39, 0.29) is 0 Å². The zero-order valence-electron chi connectivity index (χ0n) is 12.0. The quantitative estimate of drug-likeness (QED) is 0.778. The Hall–Kier alpha value is -1.03. The molecule has 0 unspecified atom stereocenters. The molecule has 0 bridgehead atoms. The van der Waals surface area contributed by atoms with Crippen LogP contribution in [0.2, 0.25) is 0 Å². The van der Waals surface area contributed by atoms with E-state index in [2.05, 4.69) is 4.90 Å². The molecule has 1 aliphatic heterocycles. The highest BCUT2D eigenvalue weighted by Gasteiger charge is 2.33.